The van der Waals surface area contributed by atoms with Crippen LogP contribution in [0.25, 0.3) is 0 Å². The van der Waals surface area contributed by atoms with Crippen LogP contribution in [0.2, 0.25) is 0 Å². The zero-order chi connectivity index (χ0) is 19.2. The monoisotopic (exact) mass is 367 g/mol. The summed E-state index contributed by atoms with van der Waals surface area (Å²) in [6.45, 7) is 17.5. The molecule has 26 heavy (non-hydrogen) atoms. The molecule has 2 aliphatic rings. The van der Waals surface area contributed by atoms with E-state index in [0.29, 0.717) is 13.1 Å². The number of carbonyl (C=O) groups excluding carboxylic acids is 1. The molecule has 2 aliphatic heterocycles. The Kier molecular flexibility index (Phi) is 7.55. The van der Waals surface area contributed by atoms with Crippen molar-refractivity contribution < 1.29 is 9.53 Å². The molecular weight excluding hydrogens is 330 g/mol. The number of nitrogens with one attached hydrogen (secondary N) is 1. The lowest BCUT2D eigenvalue weighted by molar-refractivity contribution is 0.0137. The second-order valence-corrected chi connectivity index (χ2v) is 8.10. The molecule has 150 valence electrons. The van der Waals surface area contributed by atoms with E-state index in [-0.39, 0.29) is 12.1 Å². The third kappa shape index (κ3) is 6.04. The quantitative estimate of drug-likeness (QED) is 0.698. The van der Waals surface area contributed by atoms with Crippen LogP contribution in [0.15, 0.2) is 4.99 Å². The molecule has 7 heteroatoms. The molecular formula is C19H37N5O2. The van der Waals surface area contributed by atoms with Gasteiger partial charge in [0.1, 0.15) is 5.60 Å². The standard InChI is InChI=1S/C19H37N5O2/c1-6-22(7-2)11-9-8-10-20-17-21-14-16-15-23(12-13-24(16)17)18(25)26-19(3,4)5/h16H,6-15H2,1-5H3,(H,20,21). The van der Waals surface area contributed by atoms with Gasteiger partial charge in [-0.3, -0.25) is 4.99 Å². The SMILES string of the molecule is CCN(CC)CCCCNC1=NCC2CN(C(=O)OC(C)(C)C)CCN12. The summed E-state index contributed by atoms with van der Waals surface area (Å²) >= 11 is 0. The number of amides is 1. The highest BCUT2D eigenvalue weighted by atomic mass is 16.6. The van der Waals surface area contributed by atoms with Crippen LogP contribution in [-0.4, -0.2) is 90.8 Å². The average Bonchev–Trinajstić information content (AvgIpc) is 2.99. The van der Waals surface area contributed by atoms with E-state index >= 15 is 0 Å². The molecule has 0 aliphatic carbocycles. The molecule has 0 saturated carbocycles. The number of ether oxygens (including phenoxy) is 1. The normalized spacial score (nSPS) is 20.2. The van der Waals surface area contributed by atoms with Crippen molar-refractivity contribution in [1.82, 2.24) is 20.0 Å². The number of unbranched alkanes of at least 4 members (excludes halogenated alkanes) is 1. The van der Waals surface area contributed by atoms with Crippen molar-refractivity contribution in [3.05, 3.63) is 0 Å². The molecule has 2 heterocycles. The minimum absolute atomic E-state index is 0.213. The van der Waals surface area contributed by atoms with Gasteiger partial charge in [-0.15, -0.1) is 0 Å². The summed E-state index contributed by atoms with van der Waals surface area (Å²) in [7, 11) is 0. The van der Waals surface area contributed by atoms with E-state index in [2.05, 4.69) is 34.0 Å². The molecule has 7 nitrogen and oxygen atoms in total. The number of aliphatic imine (C=N–C) groups is 1. The Balaban J connectivity index is 1.69. The van der Waals surface area contributed by atoms with Crippen molar-refractivity contribution in [2.24, 2.45) is 4.99 Å². The van der Waals surface area contributed by atoms with Crippen LogP contribution in [0.4, 0.5) is 4.79 Å². The fourth-order valence-corrected chi connectivity index (χ4v) is 3.42. The van der Waals surface area contributed by atoms with Gasteiger partial charge in [-0.05, 0) is 53.2 Å². The summed E-state index contributed by atoms with van der Waals surface area (Å²) in [4.78, 5) is 23.5. The van der Waals surface area contributed by atoms with E-state index in [4.69, 9.17) is 4.74 Å². The molecule has 2 rings (SSSR count). The van der Waals surface area contributed by atoms with Gasteiger partial charge < -0.3 is 24.8 Å². The van der Waals surface area contributed by atoms with Gasteiger partial charge in [0, 0.05) is 26.2 Å². The molecule has 0 bridgehead atoms. The number of hydrogen-bond donors (Lipinski definition) is 1. The van der Waals surface area contributed by atoms with Gasteiger partial charge in [-0.2, -0.15) is 0 Å². The highest BCUT2D eigenvalue weighted by Crippen LogP contribution is 2.18. The molecule has 0 aromatic rings. The smallest absolute Gasteiger partial charge is 0.410 e. The lowest BCUT2D eigenvalue weighted by Gasteiger charge is -2.39. The molecule has 0 aromatic heterocycles. The van der Waals surface area contributed by atoms with E-state index in [1.54, 1.807) is 0 Å². The maximum absolute atomic E-state index is 12.3. The Bertz CT molecular complexity index is 485. The first-order valence-corrected chi connectivity index (χ1v) is 10.1. The second kappa shape index (κ2) is 9.44. The number of nitrogens with zero attached hydrogens (tertiary/aromatic N) is 4. The molecule has 1 amide bonds. The van der Waals surface area contributed by atoms with Gasteiger partial charge >= 0.3 is 6.09 Å². The van der Waals surface area contributed by atoms with Gasteiger partial charge in [0.2, 0.25) is 0 Å². The van der Waals surface area contributed by atoms with Crippen LogP contribution in [-0.2, 0) is 4.74 Å². The molecule has 1 unspecified atom stereocenters. The number of carbonyl (C=O) groups is 1. The highest BCUT2D eigenvalue weighted by Gasteiger charge is 2.36. The van der Waals surface area contributed by atoms with Gasteiger partial charge in [0.25, 0.3) is 0 Å². The molecule has 1 atom stereocenters. The number of fused-ring (bicyclic) bond motifs is 1. The van der Waals surface area contributed by atoms with Gasteiger partial charge in [0.15, 0.2) is 5.96 Å². The van der Waals surface area contributed by atoms with Crippen molar-refractivity contribution in [1.29, 1.82) is 0 Å². The topological polar surface area (TPSA) is 60.4 Å². The maximum atomic E-state index is 12.3. The van der Waals surface area contributed by atoms with Crippen LogP contribution >= 0.6 is 0 Å². The molecule has 0 radical (unpaired) electrons. The predicted octanol–water partition coefficient (Wildman–Crippen LogP) is 1.99. The summed E-state index contributed by atoms with van der Waals surface area (Å²) in [5.41, 5.74) is -0.446. The summed E-state index contributed by atoms with van der Waals surface area (Å²) in [5, 5.41) is 3.50. The Hall–Kier alpha value is -1.50. The van der Waals surface area contributed by atoms with Crippen molar-refractivity contribution in [3.63, 3.8) is 0 Å². The van der Waals surface area contributed by atoms with Gasteiger partial charge in [-0.1, -0.05) is 13.8 Å². The van der Waals surface area contributed by atoms with E-state index in [1.165, 1.54) is 13.0 Å². The Morgan fingerprint density at radius 2 is 2.00 bits per heavy atom. The van der Waals surface area contributed by atoms with Crippen molar-refractivity contribution in [2.75, 3.05) is 52.4 Å². The number of guanidine groups is 1. The van der Waals surface area contributed by atoms with Crippen LogP contribution in [0.3, 0.4) is 0 Å². The van der Waals surface area contributed by atoms with Gasteiger partial charge in [0.05, 0.1) is 12.6 Å². The Morgan fingerprint density at radius 3 is 2.65 bits per heavy atom. The molecule has 1 fully saturated rings. The molecule has 1 saturated heterocycles. The summed E-state index contributed by atoms with van der Waals surface area (Å²) in [5.74, 6) is 1.00. The zero-order valence-electron chi connectivity index (χ0n) is 17.3. The fraction of sp³-hybridized carbons (Fsp3) is 0.895. The second-order valence-electron chi connectivity index (χ2n) is 8.10. The maximum Gasteiger partial charge on any atom is 0.410 e. The van der Waals surface area contributed by atoms with E-state index in [1.807, 2.05) is 25.7 Å². The first kappa shape index (κ1) is 20.8. The lowest BCUT2D eigenvalue weighted by atomic mass is 10.2. The van der Waals surface area contributed by atoms with Crippen LogP contribution < -0.4 is 5.32 Å². The Morgan fingerprint density at radius 1 is 1.27 bits per heavy atom. The van der Waals surface area contributed by atoms with Crippen LogP contribution in [0, 0.1) is 0 Å². The number of piperazine rings is 1. The highest BCUT2D eigenvalue weighted by molar-refractivity contribution is 5.82. The van der Waals surface area contributed by atoms with Crippen molar-refractivity contribution in [3.8, 4) is 0 Å². The zero-order valence-corrected chi connectivity index (χ0v) is 17.3. The van der Waals surface area contributed by atoms with Crippen LogP contribution in [0.5, 0.6) is 0 Å². The van der Waals surface area contributed by atoms with E-state index in [9.17, 15) is 4.79 Å². The third-order valence-electron chi connectivity index (χ3n) is 4.94. The summed E-state index contributed by atoms with van der Waals surface area (Å²) in [6, 6.07) is 0.273. The van der Waals surface area contributed by atoms with E-state index < -0.39 is 5.60 Å². The van der Waals surface area contributed by atoms with Crippen molar-refractivity contribution >= 4 is 12.1 Å². The molecule has 1 N–H and O–H groups in total. The van der Waals surface area contributed by atoms with Crippen molar-refractivity contribution in [2.45, 2.75) is 59.1 Å². The van der Waals surface area contributed by atoms with Gasteiger partial charge in [-0.25, -0.2) is 4.79 Å². The summed E-state index contributed by atoms with van der Waals surface area (Å²) < 4.78 is 5.49. The molecule has 0 aromatic carbocycles. The van der Waals surface area contributed by atoms with E-state index in [0.717, 1.165) is 45.1 Å². The first-order valence-electron chi connectivity index (χ1n) is 10.1. The molecule has 0 spiro atoms. The average molecular weight is 368 g/mol. The number of hydrogen-bond acceptors (Lipinski definition) is 6. The summed E-state index contributed by atoms with van der Waals surface area (Å²) in [6.07, 6.45) is 2.14. The lowest BCUT2D eigenvalue weighted by Crippen LogP contribution is -2.57. The number of rotatable bonds is 7. The van der Waals surface area contributed by atoms with Crippen LogP contribution in [0.1, 0.15) is 47.5 Å². The first-order chi connectivity index (χ1) is 12.3. The Labute approximate surface area is 158 Å². The largest absolute Gasteiger partial charge is 0.444 e. The fourth-order valence-electron chi connectivity index (χ4n) is 3.42. The third-order valence-corrected chi connectivity index (χ3v) is 4.94. The predicted molar refractivity (Wildman–Crippen MR) is 106 cm³/mol. The minimum Gasteiger partial charge on any atom is -0.444 e. The minimum atomic E-state index is -0.446.